The number of rotatable bonds is 3. The number of fused-ring (bicyclic) bond motifs is 1. The van der Waals surface area contributed by atoms with Crippen LogP contribution in [-0.4, -0.2) is 27.9 Å². The van der Waals surface area contributed by atoms with Crippen LogP contribution in [0.4, 0.5) is 5.69 Å². The van der Waals surface area contributed by atoms with Gasteiger partial charge in [0.1, 0.15) is 5.51 Å². The van der Waals surface area contributed by atoms with E-state index in [2.05, 4.69) is 16.3 Å². The van der Waals surface area contributed by atoms with E-state index < -0.39 is 0 Å². The highest BCUT2D eigenvalue weighted by Gasteiger charge is 2.27. The van der Waals surface area contributed by atoms with Gasteiger partial charge in [-0.25, -0.2) is 0 Å². The summed E-state index contributed by atoms with van der Waals surface area (Å²) in [5.41, 5.74) is 4.02. The molecule has 1 aliphatic rings. The lowest BCUT2D eigenvalue weighted by molar-refractivity contribution is -0.117. The van der Waals surface area contributed by atoms with E-state index >= 15 is 0 Å². The first-order valence-electron chi connectivity index (χ1n) is 6.58. The van der Waals surface area contributed by atoms with Crippen LogP contribution in [0.1, 0.15) is 18.9 Å². The zero-order valence-corrected chi connectivity index (χ0v) is 12.8. The number of anilines is 1. The van der Waals surface area contributed by atoms with Gasteiger partial charge < -0.3 is 4.90 Å². The van der Waals surface area contributed by atoms with Crippen LogP contribution in [0.3, 0.4) is 0 Å². The molecule has 0 spiro atoms. The number of aryl methyl sites for hydroxylation is 1. The first kappa shape index (κ1) is 13.6. The van der Waals surface area contributed by atoms with Crippen LogP contribution in [0.2, 0.25) is 0 Å². The van der Waals surface area contributed by atoms with Gasteiger partial charge in [-0.3, -0.25) is 4.79 Å². The van der Waals surface area contributed by atoms with Crippen molar-refractivity contribution in [3.63, 3.8) is 0 Å². The van der Waals surface area contributed by atoms with Crippen LogP contribution < -0.4 is 4.90 Å². The number of benzene rings is 1. The molecule has 0 N–H and O–H groups in total. The molecular formula is C14H15N3OS2. The molecule has 2 heterocycles. The van der Waals surface area contributed by atoms with Crippen molar-refractivity contribution in [1.82, 2.24) is 10.2 Å². The van der Waals surface area contributed by atoms with Crippen LogP contribution in [0.25, 0.3) is 0 Å². The lowest BCUT2D eigenvalue weighted by atomic mass is 10.0. The van der Waals surface area contributed by atoms with E-state index in [9.17, 15) is 4.79 Å². The minimum Gasteiger partial charge on any atom is -0.311 e. The van der Waals surface area contributed by atoms with Crippen LogP contribution in [0, 0.1) is 0 Å². The Hall–Kier alpha value is -1.40. The number of hydrogen-bond donors (Lipinski definition) is 0. The summed E-state index contributed by atoms with van der Waals surface area (Å²) in [6.45, 7) is 2.74. The molecule has 6 heteroatoms. The second-order valence-corrected chi connectivity index (χ2v) is 7.11. The Labute approximate surface area is 126 Å². The maximum Gasteiger partial charge on any atom is 0.240 e. The van der Waals surface area contributed by atoms with E-state index in [0.717, 1.165) is 29.4 Å². The summed E-state index contributed by atoms with van der Waals surface area (Å²) >= 11 is 2.95. The SMILES string of the molecule is CC(Sc1nncs1)C(=O)N1CCCc2ccccc21. The Kier molecular flexibility index (Phi) is 4.03. The number of thioether (sulfide) groups is 1. The second-order valence-electron chi connectivity index (χ2n) is 4.69. The number of carbonyl (C=O) groups excluding carboxylic acids is 1. The van der Waals surface area contributed by atoms with Crippen molar-refractivity contribution in [2.75, 3.05) is 11.4 Å². The maximum absolute atomic E-state index is 12.6. The highest BCUT2D eigenvalue weighted by molar-refractivity contribution is 8.02. The number of nitrogens with zero attached hydrogens (tertiary/aromatic N) is 3. The van der Waals surface area contributed by atoms with Gasteiger partial charge in [-0.05, 0) is 31.4 Å². The molecule has 3 rings (SSSR count). The van der Waals surface area contributed by atoms with Gasteiger partial charge in [0.15, 0.2) is 4.34 Å². The van der Waals surface area contributed by atoms with Gasteiger partial charge in [0, 0.05) is 12.2 Å². The quantitative estimate of drug-likeness (QED) is 0.818. The molecule has 20 heavy (non-hydrogen) atoms. The molecule has 0 fully saturated rings. The molecule has 0 saturated heterocycles. The summed E-state index contributed by atoms with van der Waals surface area (Å²) in [5.74, 6) is 0.150. The summed E-state index contributed by atoms with van der Waals surface area (Å²) in [5, 5.41) is 7.65. The Morgan fingerprint density at radius 3 is 3.10 bits per heavy atom. The summed E-state index contributed by atoms with van der Waals surface area (Å²) in [6, 6.07) is 8.17. The Morgan fingerprint density at radius 2 is 2.30 bits per heavy atom. The molecule has 104 valence electrons. The third-order valence-electron chi connectivity index (χ3n) is 3.34. The van der Waals surface area contributed by atoms with Gasteiger partial charge >= 0.3 is 0 Å². The number of aromatic nitrogens is 2. The Bertz CT molecular complexity index is 600. The van der Waals surface area contributed by atoms with Crippen LogP contribution >= 0.6 is 23.1 Å². The minimum absolute atomic E-state index is 0.144. The van der Waals surface area contributed by atoms with Crippen molar-refractivity contribution in [1.29, 1.82) is 0 Å². The molecule has 1 amide bonds. The average Bonchev–Trinajstić information content (AvgIpc) is 2.99. The molecule has 0 radical (unpaired) electrons. The average molecular weight is 305 g/mol. The second kappa shape index (κ2) is 5.93. The number of amides is 1. The lowest BCUT2D eigenvalue weighted by Gasteiger charge is -2.31. The Morgan fingerprint density at radius 1 is 1.45 bits per heavy atom. The predicted octanol–water partition coefficient (Wildman–Crippen LogP) is 3.00. The number of carbonyl (C=O) groups is 1. The van der Waals surface area contributed by atoms with Crippen LogP contribution in [0.15, 0.2) is 34.1 Å². The first-order chi connectivity index (χ1) is 9.75. The fraction of sp³-hybridized carbons (Fsp3) is 0.357. The normalized spacial score (nSPS) is 15.8. The van der Waals surface area contributed by atoms with E-state index in [4.69, 9.17) is 0 Å². The summed E-state index contributed by atoms with van der Waals surface area (Å²) < 4.78 is 0.844. The molecule has 1 atom stereocenters. The maximum atomic E-state index is 12.6. The summed E-state index contributed by atoms with van der Waals surface area (Å²) in [6.07, 6.45) is 2.08. The molecule has 0 bridgehead atoms. The van der Waals surface area contributed by atoms with Gasteiger partial charge in [-0.15, -0.1) is 10.2 Å². The first-order valence-corrected chi connectivity index (χ1v) is 8.34. The zero-order valence-electron chi connectivity index (χ0n) is 11.2. The number of hydrogen-bond acceptors (Lipinski definition) is 5. The van der Waals surface area contributed by atoms with Crippen molar-refractivity contribution in [2.24, 2.45) is 0 Å². The molecule has 1 aromatic carbocycles. The van der Waals surface area contributed by atoms with E-state index in [1.54, 1.807) is 5.51 Å². The molecule has 4 nitrogen and oxygen atoms in total. The summed E-state index contributed by atoms with van der Waals surface area (Å²) in [4.78, 5) is 14.6. The smallest absolute Gasteiger partial charge is 0.240 e. The van der Waals surface area contributed by atoms with Crippen molar-refractivity contribution in [3.05, 3.63) is 35.3 Å². The lowest BCUT2D eigenvalue weighted by Crippen LogP contribution is -2.40. The monoisotopic (exact) mass is 305 g/mol. The zero-order chi connectivity index (χ0) is 13.9. The fourth-order valence-electron chi connectivity index (χ4n) is 2.40. The molecule has 1 unspecified atom stereocenters. The van der Waals surface area contributed by atoms with E-state index in [1.807, 2.05) is 30.0 Å². The summed E-state index contributed by atoms with van der Waals surface area (Å²) in [7, 11) is 0. The van der Waals surface area contributed by atoms with Crippen LogP contribution in [0.5, 0.6) is 0 Å². The van der Waals surface area contributed by atoms with Gasteiger partial charge in [0.25, 0.3) is 0 Å². The Balaban J connectivity index is 1.77. The molecule has 0 aliphatic carbocycles. The van der Waals surface area contributed by atoms with Crippen molar-refractivity contribution in [3.8, 4) is 0 Å². The standard InChI is InChI=1S/C14H15N3OS2/c1-10(20-14-16-15-9-19-14)13(18)17-8-4-6-11-5-2-3-7-12(11)17/h2-3,5,7,9-10H,4,6,8H2,1H3. The van der Waals surface area contributed by atoms with E-state index in [-0.39, 0.29) is 11.2 Å². The van der Waals surface area contributed by atoms with Gasteiger partial charge in [-0.2, -0.15) is 0 Å². The molecular weight excluding hydrogens is 290 g/mol. The largest absolute Gasteiger partial charge is 0.311 e. The molecule has 2 aromatic rings. The number of para-hydroxylation sites is 1. The van der Waals surface area contributed by atoms with Crippen molar-refractivity contribution < 1.29 is 4.79 Å². The van der Waals surface area contributed by atoms with Gasteiger partial charge in [-0.1, -0.05) is 41.3 Å². The van der Waals surface area contributed by atoms with Crippen molar-refractivity contribution >= 4 is 34.7 Å². The van der Waals surface area contributed by atoms with Crippen molar-refractivity contribution in [2.45, 2.75) is 29.4 Å². The van der Waals surface area contributed by atoms with Gasteiger partial charge in [0.05, 0.1) is 5.25 Å². The minimum atomic E-state index is -0.144. The van der Waals surface area contributed by atoms with E-state index in [1.165, 1.54) is 28.7 Å². The fourth-order valence-corrected chi connectivity index (χ4v) is 4.09. The highest BCUT2D eigenvalue weighted by Crippen LogP contribution is 2.31. The molecule has 1 aliphatic heterocycles. The van der Waals surface area contributed by atoms with Gasteiger partial charge in [0.2, 0.25) is 5.91 Å². The highest BCUT2D eigenvalue weighted by atomic mass is 32.2. The van der Waals surface area contributed by atoms with E-state index in [0.29, 0.717) is 0 Å². The third-order valence-corrected chi connectivity index (χ3v) is 5.24. The van der Waals surface area contributed by atoms with Crippen LogP contribution in [-0.2, 0) is 11.2 Å². The predicted molar refractivity (Wildman–Crippen MR) is 82.3 cm³/mol. The third kappa shape index (κ3) is 2.71. The molecule has 0 saturated carbocycles. The topological polar surface area (TPSA) is 46.1 Å². The molecule has 1 aromatic heterocycles.